The molecule has 1 unspecified atom stereocenters. The van der Waals surface area contributed by atoms with Crippen LogP contribution >= 0.6 is 11.6 Å². The summed E-state index contributed by atoms with van der Waals surface area (Å²) < 4.78 is 0. The first-order valence-corrected chi connectivity index (χ1v) is 15.6. The molecular formula is C33H50ClN3O4. The van der Waals surface area contributed by atoms with Crippen LogP contribution in [0.4, 0.5) is 0 Å². The van der Waals surface area contributed by atoms with Crippen molar-refractivity contribution in [3.05, 3.63) is 34.9 Å². The molecule has 1 aliphatic carbocycles. The van der Waals surface area contributed by atoms with Crippen molar-refractivity contribution in [3.63, 3.8) is 0 Å². The predicted molar refractivity (Wildman–Crippen MR) is 163 cm³/mol. The van der Waals surface area contributed by atoms with E-state index in [2.05, 4.69) is 39.5 Å². The van der Waals surface area contributed by atoms with Crippen LogP contribution in [0.2, 0.25) is 5.02 Å². The molecule has 1 N–H and O–H groups in total. The quantitative estimate of drug-likeness (QED) is 0.453. The molecule has 2 amide bonds. The number of aliphatic carboxylic acids is 1. The number of carbonyl (C=O) groups is 3. The van der Waals surface area contributed by atoms with Gasteiger partial charge in [-0.2, -0.15) is 0 Å². The molecule has 1 saturated carbocycles. The van der Waals surface area contributed by atoms with Gasteiger partial charge in [0.2, 0.25) is 11.8 Å². The van der Waals surface area contributed by atoms with Crippen LogP contribution in [0.3, 0.4) is 0 Å². The van der Waals surface area contributed by atoms with E-state index in [4.69, 9.17) is 11.6 Å². The highest BCUT2D eigenvalue weighted by atomic mass is 35.5. The Bertz CT molecular complexity index is 1130. The van der Waals surface area contributed by atoms with Gasteiger partial charge in [-0.1, -0.05) is 58.4 Å². The van der Waals surface area contributed by atoms with E-state index >= 15 is 0 Å². The van der Waals surface area contributed by atoms with E-state index < -0.39 is 17.4 Å². The Morgan fingerprint density at radius 3 is 2.02 bits per heavy atom. The van der Waals surface area contributed by atoms with Crippen LogP contribution < -0.4 is 0 Å². The molecule has 0 radical (unpaired) electrons. The lowest BCUT2D eigenvalue weighted by molar-refractivity contribution is -0.150. The van der Waals surface area contributed by atoms with Crippen LogP contribution in [-0.4, -0.2) is 80.9 Å². The van der Waals surface area contributed by atoms with Crippen molar-refractivity contribution in [1.82, 2.24) is 14.7 Å². The summed E-state index contributed by atoms with van der Waals surface area (Å²) in [4.78, 5) is 46.8. The molecule has 0 bridgehead atoms. The number of carbonyl (C=O) groups excluding carboxylic acids is 2. The van der Waals surface area contributed by atoms with Gasteiger partial charge in [0.1, 0.15) is 6.04 Å². The number of hydrogen-bond donors (Lipinski definition) is 1. The van der Waals surface area contributed by atoms with Crippen LogP contribution in [0.1, 0.15) is 99.0 Å². The molecule has 3 fully saturated rings. The zero-order chi connectivity index (χ0) is 30.5. The summed E-state index contributed by atoms with van der Waals surface area (Å²) in [7, 11) is 0. The van der Waals surface area contributed by atoms with Crippen molar-refractivity contribution >= 4 is 29.4 Å². The number of amides is 2. The smallest absolute Gasteiger partial charge is 0.326 e. The third-order valence-corrected chi connectivity index (χ3v) is 9.95. The highest BCUT2D eigenvalue weighted by Crippen LogP contribution is 2.42. The van der Waals surface area contributed by atoms with E-state index in [1.807, 2.05) is 49.9 Å². The average molecular weight is 588 g/mol. The Balaban J connectivity index is 1.64. The summed E-state index contributed by atoms with van der Waals surface area (Å²) in [6.07, 6.45) is 4.12. The molecule has 0 aromatic heterocycles. The van der Waals surface area contributed by atoms with E-state index in [0.29, 0.717) is 18.1 Å². The minimum Gasteiger partial charge on any atom is -0.480 e. The predicted octanol–water partition coefficient (Wildman–Crippen LogP) is 6.05. The Kier molecular flexibility index (Phi) is 8.94. The van der Waals surface area contributed by atoms with Gasteiger partial charge >= 0.3 is 5.97 Å². The maximum absolute atomic E-state index is 14.4. The SMILES string of the molecule is CC1(C)CCC(N(C(=O)C(C)(C)C)[C@H]2C[C@@H](C(=O)O)N(C(=O)C3CN(C(C)(C)C)C[C@H]3c3ccc(Cl)cc3)C2)CC1. The first-order chi connectivity index (χ1) is 18.9. The van der Waals surface area contributed by atoms with Crippen molar-refractivity contribution in [1.29, 1.82) is 0 Å². The molecule has 1 aromatic carbocycles. The Morgan fingerprint density at radius 1 is 0.927 bits per heavy atom. The molecular weight excluding hydrogens is 538 g/mol. The first kappa shape index (κ1) is 31.8. The molecule has 3 aliphatic rings. The van der Waals surface area contributed by atoms with Crippen LogP contribution in [0, 0.1) is 16.7 Å². The Morgan fingerprint density at radius 2 is 1.51 bits per heavy atom. The molecule has 1 aromatic rings. The Hall–Kier alpha value is -2.12. The van der Waals surface area contributed by atoms with E-state index in [1.54, 1.807) is 4.90 Å². The van der Waals surface area contributed by atoms with Crippen LogP contribution in [-0.2, 0) is 14.4 Å². The lowest BCUT2D eigenvalue weighted by Crippen LogP contribution is -2.54. The normalized spacial score (nSPS) is 27.7. The largest absolute Gasteiger partial charge is 0.480 e. The van der Waals surface area contributed by atoms with Crippen molar-refractivity contribution < 1.29 is 19.5 Å². The van der Waals surface area contributed by atoms with Crippen molar-refractivity contribution in [2.24, 2.45) is 16.7 Å². The van der Waals surface area contributed by atoms with Gasteiger partial charge in [0, 0.05) is 54.0 Å². The lowest BCUT2D eigenvalue weighted by Gasteiger charge is -2.45. The molecule has 228 valence electrons. The van der Waals surface area contributed by atoms with Gasteiger partial charge in [0.15, 0.2) is 0 Å². The zero-order valence-electron chi connectivity index (χ0n) is 26.2. The molecule has 2 aliphatic heterocycles. The maximum atomic E-state index is 14.4. The third kappa shape index (κ3) is 6.93. The minimum atomic E-state index is -0.998. The number of likely N-dealkylation sites (tertiary alicyclic amines) is 2. The molecule has 0 spiro atoms. The summed E-state index contributed by atoms with van der Waals surface area (Å²) in [5.74, 6) is -1.52. The Labute approximate surface area is 251 Å². The van der Waals surface area contributed by atoms with Crippen molar-refractivity contribution in [2.75, 3.05) is 19.6 Å². The van der Waals surface area contributed by atoms with E-state index in [1.165, 1.54) is 0 Å². The second kappa shape index (κ2) is 11.5. The second-order valence-corrected chi connectivity index (χ2v) is 15.9. The fourth-order valence-corrected chi connectivity index (χ4v) is 7.16. The van der Waals surface area contributed by atoms with E-state index in [-0.39, 0.29) is 59.7 Å². The number of hydrogen-bond acceptors (Lipinski definition) is 4. The molecule has 2 heterocycles. The number of halogens is 1. The van der Waals surface area contributed by atoms with Crippen LogP contribution in [0.5, 0.6) is 0 Å². The van der Waals surface area contributed by atoms with E-state index in [0.717, 1.165) is 31.2 Å². The van der Waals surface area contributed by atoms with Gasteiger partial charge in [-0.25, -0.2) is 4.79 Å². The van der Waals surface area contributed by atoms with Gasteiger partial charge in [-0.3, -0.25) is 14.5 Å². The molecule has 7 nitrogen and oxygen atoms in total. The average Bonchev–Trinajstić information content (AvgIpc) is 3.50. The number of carboxylic acids is 1. The first-order valence-electron chi connectivity index (χ1n) is 15.3. The summed E-state index contributed by atoms with van der Waals surface area (Å²) in [5, 5.41) is 11.0. The van der Waals surface area contributed by atoms with Gasteiger partial charge in [0.05, 0.1) is 12.0 Å². The summed E-state index contributed by atoms with van der Waals surface area (Å²) in [5.41, 5.74) is 0.550. The molecule has 41 heavy (non-hydrogen) atoms. The summed E-state index contributed by atoms with van der Waals surface area (Å²) in [6, 6.07) is 6.47. The maximum Gasteiger partial charge on any atom is 0.326 e. The minimum absolute atomic E-state index is 0.0458. The van der Waals surface area contributed by atoms with Gasteiger partial charge in [0.25, 0.3) is 0 Å². The van der Waals surface area contributed by atoms with Crippen LogP contribution in [0.15, 0.2) is 24.3 Å². The standard InChI is InChI=1S/C33H50ClN3O4/c1-31(2,3)30(41)37(23-13-15-33(7,8)16-14-23)24-17-27(29(39)40)36(18-24)28(38)26-20-35(32(4,5)6)19-25(26)21-9-11-22(34)12-10-21/h9-12,23-27H,13-20H2,1-8H3,(H,39,40)/t24-,25-,26?,27-/m0/s1. The zero-order valence-corrected chi connectivity index (χ0v) is 27.0. The molecule has 8 heteroatoms. The topological polar surface area (TPSA) is 81.2 Å². The second-order valence-electron chi connectivity index (χ2n) is 15.4. The molecule has 4 atom stereocenters. The highest BCUT2D eigenvalue weighted by molar-refractivity contribution is 6.30. The van der Waals surface area contributed by atoms with Gasteiger partial charge in [-0.15, -0.1) is 0 Å². The lowest BCUT2D eigenvalue weighted by atomic mass is 9.74. The fraction of sp³-hybridized carbons (Fsp3) is 0.727. The fourth-order valence-electron chi connectivity index (χ4n) is 7.03. The highest BCUT2D eigenvalue weighted by Gasteiger charge is 2.51. The number of nitrogens with zero attached hydrogens (tertiary/aromatic N) is 3. The summed E-state index contributed by atoms with van der Waals surface area (Å²) >= 11 is 6.18. The van der Waals surface area contributed by atoms with Crippen LogP contribution in [0.25, 0.3) is 0 Å². The van der Waals surface area contributed by atoms with Gasteiger partial charge in [-0.05, 0) is 69.6 Å². The number of rotatable bonds is 5. The van der Waals surface area contributed by atoms with Crippen molar-refractivity contribution in [2.45, 2.75) is 117 Å². The summed E-state index contributed by atoms with van der Waals surface area (Å²) in [6.45, 7) is 18.3. The molecule has 2 saturated heterocycles. The number of benzene rings is 1. The third-order valence-electron chi connectivity index (χ3n) is 9.70. The molecule has 4 rings (SSSR count). The monoisotopic (exact) mass is 587 g/mol. The van der Waals surface area contributed by atoms with E-state index in [9.17, 15) is 19.5 Å². The number of carboxylic acid groups (broad SMARTS) is 1. The van der Waals surface area contributed by atoms with Crippen molar-refractivity contribution in [3.8, 4) is 0 Å². The van der Waals surface area contributed by atoms with Gasteiger partial charge < -0.3 is 14.9 Å².